The Morgan fingerprint density at radius 2 is 2.54 bits per heavy atom. The summed E-state index contributed by atoms with van der Waals surface area (Å²) in [7, 11) is 1.96. The van der Waals surface area contributed by atoms with Gasteiger partial charge in [0.25, 0.3) is 0 Å². The number of aryl methyl sites for hydroxylation is 2. The van der Waals surface area contributed by atoms with E-state index >= 15 is 0 Å². The van der Waals surface area contributed by atoms with Crippen molar-refractivity contribution >= 4 is 0 Å². The van der Waals surface area contributed by atoms with Gasteiger partial charge in [0, 0.05) is 19.2 Å². The van der Waals surface area contributed by atoms with Crippen LogP contribution in [0, 0.1) is 17.2 Å². The predicted octanol–water partition coefficient (Wildman–Crippen LogP) is 1.44. The fourth-order valence-corrected chi connectivity index (χ4v) is 1.96. The molecule has 0 radical (unpaired) electrons. The summed E-state index contributed by atoms with van der Waals surface area (Å²) in [6, 6.07) is 2.36. The Balaban J connectivity index is 2.32. The van der Waals surface area contributed by atoms with Gasteiger partial charge in [-0.15, -0.1) is 0 Å². The lowest BCUT2D eigenvalue weighted by Crippen LogP contribution is -2.05. The first-order chi connectivity index (χ1) is 6.31. The van der Waals surface area contributed by atoms with E-state index in [4.69, 9.17) is 5.26 Å². The lowest BCUT2D eigenvalue weighted by molar-refractivity contribution is 0.567. The fourth-order valence-electron chi connectivity index (χ4n) is 1.96. The van der Waals surface area contributed by atoms with Crippen LogP contribution >= 0.6 is 0 Å². The molecular formula is C10H13N3. The van der Waals surface area contributed by atoms with E-state index in [1.54, 1.807) is 0 Å². The Morgan fingerprint density at radius 1 is 1.69 bits per heavy atom. The van der Waals surface area contributed by atoms with Gasteiger partial charge in [-0.2, -0.15) is 10.4 Å². The van der Waals surface area contributed by atoms with Crippen LogP contribution in [-0.2, 0) is 19.9 Å². The number of fused-ring (bicyclic) bond motifs is 1. The fraction of sp³-hybridized carbons (Fsp3) is 0.600. The molecule has 3 nitrogen and oxygen atoms in total. The molecule has 1 aliphatic carbocycles. The van der Waals surface area contributed by atoms with E-state index in [0.29, 0.717) is 0 Å². The van der Waals surface area contributed by atoms with Crippen molar-refractivity contribution in [2.45, 2.75) is 25.7 Å². The van der Waals surface area contributed by atoms with Crippen molar-refractivity contribution in [3.63, 3.8) is 0 Å². The summed E-state index contributed by atoms with van der Waals surface area (Å²) in [5.41, 5.74) is 2.59. The van der Waals surface area contributed by atoms with Crippen LogP contribution in [0.4, 0.5) is 0 Å². The molecule has 1 aromatic heterocycles. The Hall–Kier alpha value is -1.30. The average Bonchev–Trinajstić information content (AvgIpc) is 2.41. The summed E-state index contributed by atoms with van der Waals surface area (Å²) >= 11 is 0. The van der Waals surface area contributed by atoms with Crippen LogP contribution in [0.5, 0.6) is 0 Å². The minimum absolute atomic E-state index is 0.191. The van der Waals surface area contributed by atoms with Crippen LogP contribution in [0.1, 0.15) is 24.1 Å². The van der Waals surface area contributed by atoms with Crippen LogP contribution < -0.4 is 0 Å². The van der Waals surface area contributed by atoms with E-state index < -0.39 is 0 Å². The van der Waals surface area contributed by atoms with Gasteiger partial charge in [0.15, 0.2) is 0 Å². The van der Waals surface area contributed by atoms with Gasteiger partial charge in [-0.1, -0.05) is 0 Å². The highest BCUT2D eigenvalue weighted by molar-refractivity contribution is 5.21. The molecule has 1 aliphatic rings. The number of nitriles is 1. The minimum Gasteiger partial charge on any atom is -0.272 e. The number of rotatable bonds is 0. The Labute approximate surface area is 78.0 Å². The number of hydrogen-bond donors (Lipinski definition) is 0. The molecular weight excluding hydrogens is 162 g/mol. The van der Waals surface area contributed by atoms with Crippen molar-refractivity contribution in [3.05, 3.63) is 17.5 Å². The predicted molar refractivity (Wildman–Crippen MR) is 49.0 cm³/mol. The summed E-state index contributed by atoms with van der Waals surface area (Å²) < 4.78 is 1.91. The van der Waals surface area contributed by atoms with E-state index in [-0.39, 0.29) is 5.92 Å². The molecule has 3 heteroatoms. The van der Waals surface area contributed by atoms with Gasteiger partial charge in [0.05, 0.1) is 18.2 Å². The van der Waals surface area contributed by atoms with Crippen LogP contribution in [0.15, 0.2) is 6.20 Å². The lowest BCUT2D eigenvalue weighted by Gasteiger charge is -2.04. The molecule has 2 rings (SSSR count). The van der Waals surface area contributed by atoms with E-state index in [9.17, 15) is 0 Å². The molecule has 0 unspecified atom stereocenters. The molecule has 0 aromatic carbocycles. The Morgan fingerprint density at radius 3 is 3.31 bits per heavy atom. The van der Waals surface area contributed by atoms with Gasteiger partial charge in [0.2, 0.25) is 0 Å². The second-order valence-electron chi connectivity index (χ2n) is 3.66. The first-order valence-corrected chi connectivity index (χ1v) is 4.70. The molecule has 0 amide bonds. The molecule has 0 bridgehead atoms. The number of hydrogen-bond acceptors (Lipinski definition) is 2. The van der Waals surface area contributed by atoms with Crippen molar-refractivity contribution in [3.8, 4) is 6.07 Å². The Kier molecular flexibility index (Phi) is 2.05. The van der Waals surface area contributed by atoms with E-state index in [2.05, 4.69) is 11.2 Å². The molecule has 1 atom stereocenters. The zero-order valence-electron chi connectivity index (χ0n) is 7.82. The minimum atomic E-state index is 0.191. The highest BCUT2D eigenvalue weighted by Gasteiger charge is 2.18. The maximum absolute atomic E-state index is 8.89. The zero-order valence-corrected chi connectivity index (χ0v) is 7.82. The van der Waals surface area contributed by atoms with Crippen molar-refractivity contribution in [1.82, 2.24) is 9.78 Å². The molecule has 1 heterocycles. The summed E-state index contributed by atoms with van der Waals surface area (Å²) in [5.74, 6) is 0.191. The standard InChI is InChI=1S/C10H13N3/c1-13-10-5-8(6-11)3-2-4-9(10)7-12-13/h7-8H,2-5H2,1H3/t8-/m0/s1. The summed E-state index contributed by atoms with van der Waals surface area (Å²) in [4.78, 5) is 0. The number of nitrogens with zero attached hydrogens (tertiary/aromatic N) is 3. The highest BCUT2D eigenvalue weighted by Crippen LogP contribution is 2.23. The third-order valence-electron chi connectivity index (χ3n) is 2.77. The molecule has 1 aromatic rings. The molecule has 0 spiro atoms. The van der Waals surface area contributed by atoms with Gasteiger partial charge >= 0.3 is 0 Å². The van der Waals surface area contributed by atoms with Crippen molar-refractivity contribution in [2.75, 3.05) is 0 Å². The highest BCUT2D eigenvalue weighted by atomic mass is 15.3. The molecule has 0 fully saturated rings. The number of aromatic nitrogens is 2. The largest absolute Gasteiger partial charge is 0.272 e. The molecule has 0 N–H and O–H groups in total. The molecule has 0 aliphatic heterocycles. The third-order valence-corrected chi connectivity index (χ3v) is 2.77. The van der Waals surface area contributed by atoms with Gasteiger partial charge in [-0.3, -0.25) is 4.68 Å². The SMILES string of the molecule is Cn1ncc2c1C[C@@H](C#N)CCC2. The summed E-state index contributed by atoms with van der Waals surface area (Å²) in [6.45, 7) is 0. The van der Waals surface area contributed by atoms with E-state index in [1.807, 2.05) is 17.9 Å². The first kappa shape index (κ1) is 8.31. The molecule has 0 saturated heterocycles. The topological polar surface area (TPSA) is 41.6 Å². The summed E-state index contributed by atoms with van der Waals surface area (Å²) in [5, 5.41) is 13.1. The third kappa shape index (κ3) is 1.44. The van der Waals surface area contributed by atoms with Crippen LogP contribution in [0.25, 0.3) is 0 Å². The lowest BCUT2D eigenvalue weighted by atomic mass is 10.0. The van der Waals surface area contributed by atoms with Crippen molar-refractivity contribution in [2.24, 2.45) is 13.0 Å². The smallest absolute Gasteiger partial charge is 0.0659 e. The van der Waals surface area contributed by atoms with E-state index in [1.165, 1.54) is 11.3 Å². The van der Waals surface area contributed by atoms with Crippen LogP contribution in [0.3, 0.4) is 0 Å². The molecule has 68 valence electrons. The second-order valence-corrected chi connectivity index (χ2v) is 3.66. The average molecular weight is 175 g/mol. The van der Waals surface area contributed by atoms with Crippen molar-refractivity contribution in [1.29, 1.82) is 5.26 Å². The zero-order chi connectivity index (χ0) is 9.26. The maximum atomic E-state index is 8.89. The van der Waals surface area contributed by atoms with Gasteiger partial charge < -0.3 is 0 Å². The Bertz CT molecular complexity index is 346. The monoisotopic (exact) mass is 175 g/mol. The quantitative estimate of drug-likeness (QED) is 0.560. The first-order valence-electron chi connectivity index (χ1n) is 4.70. The molecule has 0 saturated carbocycles. The van der Waals surface area contributed by atoms with Gasteiger partial charge in [-0.05, 0) is 24.8 Å². The second kappa shape index (κ2) is 3.21. The van der Waals surface area contributed by atoms with Crippen LogP contribution in [0.2, 0.25) is 0 Å². The maximum Gasteiger partial charge on any atom is 0.0659 e. The molecule has 13 heavy (non-hydrogen) atoms. The van der Waals surface area contributed by atoms with Gasteiger partial charge in [0.1, 0.15) is 0 Å². The van der Waals surface area contributed by atoms with Crippen molar-refractivity contribution < 1.29 is 0 Å². The summed E-state index contributed by atoms with van der Waals surface area (Å²) in [6.07, 6.45) is 6.06. The van der Waals surface area contributed by atoms with Crippen LogP contribution in [-0.4, -0.2) is 9.78 Å². The van der Waals surface area contributed by atoms with E-state index in [0.717, 1.165) is 25.7 Å². The van der Waals surface area contributed by atoms with Gasteiger partial charge in [-0.25, -0.2) is 0 Å². The normalized spacial score (nSPS) is 21.7.